The molecule has 6 heteroatoms. The van der Waals surface area contributed by atoms with Crippen molar-refractivity contribution in [3.63, 3.8) is 0 Å². The van der Waals surface area contributed by atoms with E-state index in [2.05, 4.69) is 55.2 Å². The number of benzene rings is 2. The van der Waals surface area contributed by atoms with Gasteiger partial charge in [-0.05, 0) is 52.8 Å². The van der Waals surface area contributed by atoms with Crippen molar-refractivity contribution in [2.45, 2.75) is 52.9 Å². The van der Waals surface area contributed by atoms with Crippen LogP contribution < -0.4 is 16.2 Å². The van der Waals surface area contributed by atoms with E-state index in [1.54, 1.807) is 13.2 Å². The molecule has 0 atom stereocenters. The van der Waals surface area contributed by atoms with E-state index in [4.69, 9.17) is 0 Å². The summed E-state index contributed by atoms with van der Waals surface area (Å²) in [4.78, 5) is 31.6. The van der Waals surface area contributed by atoms with Crippen LogP contribution in [0.5, 0.6) is 0 Å². The van der Waals surface area contributed by atoms with E-state index in [1.165, 1.54) is 4.57 Å². The first-order valence-corrected chi connectivity index (χ1v) is 13.0. The summed E-state index contributed by atoms with van der Waals surface area (Å²) in [6, 6.07) is 17.1. The van der Waals surface area contributed by atoms with Crippen molar-refractivity contribution in [3.05, 3.63) is 87.8 Å². The van der Waals surface area contributed by atoms with Crippen LogP contribution in [0.2, 0.25) is 0 Å². The molecule has 6 nitrogen and oxygen atoms in total. The number of rotatable bonds is 5. The molecule has 38 heavy (non-hydrogen) atoms. The summed E-state index contributed by atoms with van der Waals surface area (Å²) in [5.41, 5.74) is 5.51. The van der Waals surface area contributed by atoms with Gasteiger partial charge in [0, 0.05) is 44.7 Å². The van der Waals surface area contributed by atoms with Crippen molar-refractivity contribution in [3.8, 4) is 23.0 Å². The third-order valence-corrected chi connectivity index (χ3v) is 6.55. The number of pyridine rings is 2. The van der Waals surface area contributed by atoms with Crippen molar-refractivity contribution in [2.75, 3.05) is 10.6 Å². The Kier molecular flexibility index (Phi) is 7.97. The summed E-state index contributed by atoms with van der Waals surface area (Å²) in [6.45, 7) is 10.4. The third kappa shape index (κ3) is 5.33. The number of para-hydroxylation sites is 1. The molecule has 198 valence electrons. The van der Waals surface area contributed by atoms with Gasteiger partial charge in [0.2, 0.25) is 0 Å². The zero-order valence-corrected chi connectivity index (χ0v) is 22.8. The molecule has 2 aromatic carbocycles. The lowest BCUT2D eigenvalue weighted by molar-refractivity contribution is 0.262. The number of anilines is 2. The maximum atomic E-state index is 13.6. The predicted molar refractivity (Wildman–Crippen MR) is 161 cm³/mol. The monoisotopic (exact) mass is 510 g/mol. The molecular weight excluding hydrogens is 472 g/mol. The molecular formula is C32H38N4O2. The van der Waals surface area contributed by atoms with E-state index in [1.807, 2.05) is 61.5 Å². The highest BCUT2D eigenvalue weighted by molar-refractivity contribution is 6.07. The minimum absolute atomic E-state index is 0. The zero-order chi connectivity index (χ0) is 27.4. The van der Waals surface area contributed by atoms with E-state index in [-0.39, 0.29) is 25.9 Å². The van der Waals surface area contributed by atoms with E-state index < -0.39 is 6.03 Å². The average Bonchev–Trinajstić information content (AvgIpc) is 2.90. The fourth-order valence-corrected chi connectivity index (χ4v) is 4.68. The quantitative estimate of drug-likeness (QED) is 0.270. The molecule has 4 rings (SSSR count). The largest absolute Gasteiger partial charge is 0.323 e. The van der Waals surface area contributed by atoms with Gasteiger partial charge in [0.1, 0.15) is 11.3 Å². The number of hydrogen-bond donors (Lipinski definition) is 2. The van der Waals surface area contributed by atoms with Crippen molar-refractivity contribution in [1.82, 2.24) is 9.55 Å². The molecule has 0 aliphatic rings. The van der Waals surface area contributed by atoms with Gasteiger partial charge in [-0.2, -0.15) is 0 Å². The molecule has 0 spiro atoms. The summed E-state index contributed by atoms with van der Waals surface area (Å²) in [5.74, 6) is 6.68. The number of carbonyl (C=O) groups is 1. The van der Waals surface area contributed by atoms with Crippen LogP contribution in [-0.4, -0.2) is 15.6 Å². The lowest BCUT2D eigenvalue weighted by Crippen LogP contribution is -2.29. The van der Waals surface area contributed by atoms with Gasteiger partial charge in [-0.15, -0.1) is 0 Å². The van der Waals surface area contributed by atoms with Crippen LogP contribution in [0.25, 0.3) is 22.2 Å². The van der Waals surface area contributed by atoms with E-state index in [0.717, 1.165) is 39.7 Å². The van der Waals surface area contributed by atoms with Crippen LogP contribution in [0.15, 0.2) is 65.6 Å². The van der Waals surface area contributed by atoms with Gasteiger partial charge >= 0.3 is 6.03 Å². The Morgan fingerprint density at radius 1 is 0.974 bits per heavy atom. The molecule has 0 aliphatic carbocycles. The highest BCUT2D eigenvalue weighted by Gasteiger charge is 2.21. The first-order valence-electron chi connectivity index (χ1n) is 13.0. The molecule has 4 aromatic rings. The van der Waals surface area contributed by atoms with Crippen LogP contribution in [-0.2, 0) is 7.05 Å². The zero-order valence-electron chi connectivity index (χ0n) is 22.8. The maximum Gasteiger partial charge on any atom is 0.323 e. The minimum Gasteiger partial charge on any atom is -0.307 e. The molecule has 0 saturated heterocycles. The van der Waals surface area contributed by atoms with Crippen LogP contribution >= 0.6 is 0 Å². The summed E-state index contributed by atoms with van der Waals surface area (Å²) >= 11 is 0. The van der Waals surface area contributed by atoms with E-state index >= 15 is 0 Å². The number of urea groups is 1. The number of nitrogens with one attached hydrogen (secondary N) is 2. The lowest BCUT2D eigenvalue weighted by atomic mass is 9.93. The molecule has 0 unspecified atom stereocenters. The fourth-order valence-electron chi connectivity index (χ4n) is 4.68. The van der Waals surface area contributed by atoms with Gasteiger partial charge < -0.3 is 10.6 Å². The molecule has 0 bridgehead atoms. The number of aromatic nitrogens is 2. The Balaban J connectivity index is 0.00000280. The van der Waals surface area contributed by atoms with Crippen molar-refractivity contribution < 1.29 is 7.65 Å². The first kappa shape index (κ1) is 26.7. The highest BCUT2D eigenvalue weighted by Crippen LogP contribution is 2.35. The van der Waals surface area contributed by atoms with Crippen LogP contribution in [0, 0.1) is 11.8 Å². The minimum atomic E-state index is -0.469. The van der Waals surface area contributed by atoms with Gasteiger partial charge in [0.15, 0.2) is 0 Å². The second-order valence-corrected chi connectivity index (χ2v) is 9.92. The second kappa shape index (κ2) is 11.4. The van der Waals surface area contributed by atoms with Gasteiger partial charge in [-0.25, -0.2) is 9.78 Å². The Labute approximate surface area is 227 Å². The van der Waals surface area contributed by atoms with Gasteiger partial charge in [0.05, 0.1) is 0 Å². The van der Waals surface area contributed by atoms with Gasteiger partial charge in [-0.3, -0.25) is 9.36 Å². The number of nitrogens with zero attached hydrogens (tertiary/aromatic N) is 2. The lowest BCUT2D eigenvalue weighted by Gasteiger charge is -2.21. The SMILES string of the molecule is CCC#Cc1cccc(-c2c(NC(=O)Nc3c(C(C)C)cccc3C(C)C)c(=O)n(C)c3ncccc23)c1.[HH].[HH]. The van der Waals surface area contributed by atoms with Crippen LogP contribution in [0.1, 0.15) is 72.4 Å². The third-order valence-electron chi connectivity index (χ3n) is 6.55. The second-order valence-electron chi connectivity index (χ2n) is 9.92. The smallest absolute Gasteiger partial charge is 0.307 e. The maximum absolute atomic E-state index is 13.6. The normalized spacial score (nSPS) is 10.9. The standard InChI is InChI=1S/C32H34N4O2.2H2/c1-7-8-12-22-13-9-14-23(19-22)27-26-17-11-18-33-30(26)36(6)31(37)29(27)35-32(38)34-28-24(20(2)3)15-10-16-25(28)21(4)5;;/h9-11,13-21H,7H2,1-6H3,(H2,34,35,38);2*1H. The van der Waals surface area contributed by atoms with Crippen molar-refractivity contribution in [1.29, 1.82) is 0 Å². The molecule has 2 N–H and O–H groups in total. The van der Waals surface area contributed by atoms with Gasteiger partial charge in [-0.1, -0.05) is 76.8 Å². The average molecular weight is 511 g/mol. The van der Waals surface area contributed by atoms with Gasteiger partial charge in [0.25, 0.3) is 5.56 Å². The summed E-state index contributed by atoms with van der Waals surface area (Å²) in [7, 11) is 1.67. The Morgan fingerprint density at radius 2 is 1.63 bits per heavy atom. The number of carbonyl (C=O) groups excluding carboxylic acids is 1. The van der Waals surface area contributed by atoms with Crippen molar-refractivity contribution >= 4 is 28.4 Å². The number of amides is 2. The summed E-state index contributed by atoms with van der Waals surface area (Å²) in [5, 5.41) is 6.73. The van der Waals surface area contributed by atoms with E-state index in [0.29, 0.717) is 11.2 Å². The fraction of sp³-hybridized carbons (Fsp3) is 0.281. The molecule has 0 radical (unpaired) electrons. The molecule has 2 heterocycles. The summed E-state index contributed by atoms with van der Waals surface area (Å²) < 4.78 is 1.47. The Hall–Kier alpha value is -4.37. The number of aryl methyl sites for hydroxylation is 1. The van der Waals surface area contributed by atoms with E-state index in [9.17, 15) is 9.59 Å². The first-order chi connectivity index (χ1) is 18.2. The predicted octanol–water partition coefficient (Wildman–Crippen LogP) is 7.74. The number of hydrogen-bond acceptors (Lipinski definition) is 3. The van der Waals surface area contributed by atoms with Crippen LogP contribution in [0.3, 0.4) is 0 Å². The molecule has 2 aromatic heterocycles. The summed E-state index contributed by atoms with van der Waals surface area (Å²) in [6.07, 6.45) is 2.40. The Bertz CT molecular complexity index is 1610. The highest BCUT2D eigenvalue weighted by atomic mass is 16.2. The molecule has 0 fully saturated rings. The molecule has 0 aliphatic heterocycles. The van der Waals surface area contributed by atoms with Crippen molar-refractivity contribution in [2.24, 2.45) is 7.05 Å². The molecule has 0 saturated carbocycles. The van der Waals surface area contributed by atoms with Crippen LogP contribution in [0.4, 0.5) is 16.2 Å². The number of fused-ring (bicyclic) bond motifs is 1. The topological polar surface area (TPSA) is 76.0 Å². The molecule has 2 amide bonds. The Morgan fingerprint density at radius 3 is 2.29 bits per heavy atom.